The van der Waals surface area contributed by atoms with Crippen LogP contribution < -0.4 is 4.90 Å². The van der Waals surface area contributed by atoms with Crippen LogP contribution in [0.2, 0.25) is 0 Å². The Hall–Kier alpha value is -1.77. The van der Waals surface area contributed by atoms with E-state index in [1.165, 1.54) is 5.56 Å². The Bertz CT molecular complexity index is 833. The third-order valence-corrected chi connectivity index (χ3v) is 7.32. The summed E-state index contributed by atoms with van der Waals surface area (Å²) in [6.07, 6.45) is 3.68. The van der Waals surface area contributed by atoms with Crippen LogP contribution in [0.3, 0.4) is 0 Å². The maximum atomic E-state index is 11.2. The molecular formula is C20H29N5O2S. The van der Waals surface area contributed by atoms with Gasteiger partial charge in [0.1, 0.15) is 12.1 Å². The summed E-state index contributed by atoms with van der Waals surface area (Å²) < 4.78 is 1.15. The Balaban J connectivity index is 1.54. The largest absolute Gasteiger partial charge is 0.481 e. The van der Waals surface area contributed by atoms with Crippen molar-refractivity contribution >= 4 is 33.3 Å². The van der Waals surface area contributed by atoms with Crippen LogP contribution in [0.1, 0.15) is 24.8 Å². The zero-order valence-electron chi connectivity index (χ0n) is 16.7. The summed E-state index contributed by atoms with van der Waals surface area (Å²) in [5.74, 6) is 0.659. The Morgan fingerprint density at radius 2 is 2.04 bits per heavy atom. The number of thiophene rings is 1. The molecule has 0 radical (unpaired) electrons. The number of carboxylic acid groups (broad SMARTS) is 1. The summed E-state index contributed by atoms with van der Waals surface area (Å²) in [4.78, 5) is 27.6. The molecule has 0 aromatic carbocycles. The number of aromatic nitrogens is 2. The normalized spacial score (nSPS) is 24.7. The highest BCUT2D eigenvalue weighted by Crippen LogP contribution is 2.35. The second kappa shape index (κ2) is 8.31. The number of carboxylic acids is 1. The molecule has 0 aliphatic carbocycles. The van der Waals surface area contributed by atoms with Gasteiger partial charge in [-0.2, -0.15) is 0 Å². The standard InChI is InChI=1S/C20H29N5O2S/c1-14-12-28-19-18(14)21-13-22-20(19)25-6-5-16(15(11-25)3-4-17(26)27)24-9-7-23(2)8-10-24/h12-13,15-16H,3-11H2,1-2H3,(H,26,27)/t15-,16+/m1/s1. The molecule has 1 N–H and O–H groups in total. The van der Waals surface area contributed by atoms with Crippen LogP contribution in [-0.4, -0.2) is 83.2 Å². The number of piperidine rings is 1. The van der Waals surface area contributed by atoms with E-state index in [0.717, 1.165) is 68.1 Å². The first-order valence-electron chi connectivity index (χ1n) is 10.1. The Labute approximate surface area is 170 Å². The fraction of sp³-hybridized carbons (Fsp3) is 0.650. The van der Waals surface area contributed by atoms with Gasteiger partial charge in [0.05, 0.1) is 10.2 Å². The minimum Gasteiger partial charge on any atom is -0.481 e. The highest BCUT2D eigenvalue weighted by atomic mass is 32.1. The van der Waals surface area contributed by atoms with Crippen LogP contribution in [0.25, 0.3) is 10.2 Å². The van der Waals surface area contributed by atoms with Crippen LogP contribution >= 0.6 is 11.3 Å². The van der Waals surface area contributed by atoms with E-state index in [1.807, 2.05) is 0 Å². The van der Waals surface area contributed by atoms with Crippen molar-refractivity contribution in [3.8, 4) is 0 Å². The van der Waals surface area contributed by atoms with Gasteiger partial charge in [0.2, 0.25) is 0 Å². The first-order valence-corrected chi connectivity index (χ1v) is 11.0. The number of anilines is 1. The Morgan fingerprint density at radius 3 is 2.79 bits per heavy atom. The maximum Gasteiger partial charge on any atom is 0.303 e. The molecule has 0 spiro atoms. The third-order valence-electron chi connectivity index (χ3n) is 6.24. The number of hydrogen-bond acceptors (Lipinski definition) is 7. The molecule has 0 bridgehead atoms. The number of piperazine rings is 1. The predicted molar refractivity (Wildman–Crippen MR) is 112 cm³/mol. The van der Waals surface area contributed by atoms with Crippen molar-refractivity contribution in [1.29, 1.82) is 0 Å². The molecule has 8 heteroatoms. The molecule has 2 atom stereocenters. The Kier molecular flexibility index (Phi) is 5.80. The summed E-state index contributed by atoms with van der Waals surface area (Å²) in [7, 11) is 2.17. The lowest BCUT2D eigenvalue weighted by molar-refractivity contribution is -0.137. The zero-order chi connectivity index (χ0) is 19.7. The van der Waals surface area contributed by atoms with Crippen molar-refractivity contribution in [3.05, 3.63) is 17.3 Å². The van der Waals surface area contributed by atoms with Crippen LogP contribution in [0, 0.1) is 12.8 Å². The van der Waals surface area contributed by atoms with Crippen LogP contribution in [0.15, 0.2) is 11.7 Å². The van der Waals surface area contributed by atoms with Gasteiger partial charge in [-0.3, -0.25) is 9.69 Å². The molecule has 2 aromatic rings. The molecule has 2 fully saturated rings. The lowest BCUT2D eigenvalue weighted by Crippen LogP contribution is -2.56. The van der Waals surface area contributed by atoms with Gasteiger partial charge in [-0.25, -0.2) is 9.97 Å². The number of aliphatic carboxylic acids is 1. The molecule has 2 aromatic heterocycles. The van der Waals surface area contributed by atoms with Crippen molar-refractivity contribution in [2.24, 2.45) is 5.92 Å². The van der Waals surface area contributed by atoms with E-state index >= 15 is 0 Å². The van der Waals surface area contributed by atoms with Gasteiger partial charge in [0, 0.05) is 51.7 Å². The van der Waals surface area contributed by atoms with Crippen molar-refractivity contribution in [3.63, 3.8) is 0 Å². The van der Waals surface area contributed by atoms with E-state index in [0.29, 0.717) is 12.0 Å². The fourth-order valence-corrected chi connectivity index (χ4v) is 5.64. The predicted octanol–water partition coefficient (Wildman–Crippen LogP) is 2.31. The van der Waals surface area contributed by atoms with Crippen molar-refractivity contribution in [2.45, 2.75) is 32.2 Å². The molecule has 0 unspecified atom stereocenters. The van der Waals surface area contributed by atoms with Gasteiger partial charge >= 0.3 is 5.97 Å². The topological polar surface area (TPSA) is 72.8 Å². The van der Waals surface area contributed by atoms with Crippen molar-refractivity contribution in [1.82, 2.24) is 19.8 Å². The fourth-order valence-electron chi connectivity index (χ4n) is 4.62. The average molecular weight is 404 g/mol. The molecular weight excluding hydrogens is 374 g/mol. The van der Waals surface area contributed by atoms with Gasteiger partial charge in [0.25, 0.3) is 0 Å². The van der Waals surface area contributed by atoms with E-state index in [2.05, 4.69) is 44.0 Å². The van der Waals surface area contributed by atoms with Crippen LogP contribution in [0.4, 0.5) is 5.82 Å². The summed E-state index contributed by atoms with van der Waals surface area (Å²) in [6.45, 7) is 8.25. The molecule has 4 rings (SSSR count). The molecule has 7 nitrogen and oxygen atoms in total. The molecule has 2 saturated heterocycles. The lowest BCUT2D eigenvalue weighted by Gasteiger charge is -2.46. The molecule has 152 valence electrons. The number of nitrogens with zero attached hydrogens (tertiary/aromatic N) is 5. The van der Waals surface area contributed by atoms with E-state index in [9.17, 15) is 9.90 Å². The monoisotopic (exact) mass is 403 g/mol. The van der Waals surface area contributed by atoms with Gasteiger partial charge in [-0.15, -0.1) is 11.3 Å². The van der Waals surface area contributed by atoms with Crippen molar-refractivity contribution in [2.75, 3.05) is 51.2 Å². The van der Waals surface area contributed by atoms with E-state index < -0.39 is 5.97 Å². The van der Waals surface area contributed by atoms with E-state index in [1.54, 1.807) is 17.7 Å². The number of hydrogen-bond donors (Lipinski definition) is 1. The summed E-state index contributed by atoms with van der Waals surface area (Å²) in [5, 5.41) is 11.4. The van der Waals surface area contributed by atoms with Crippen LogP contribution in [0.5, 0.6) is 0 Å². The summed E-state index contributed by atoms with van der Waals surface area (Å²) in [6, 6.07) is 0.465. The quantitative estimate of drug-likeness (QED) is 0.821. The minimum absolute atomic E-state index is 0.236. The van der Waals surface area contributed by atoms with Crippen LogP contribution in [-0.2, 0) is 4.79 Å². The van der Waals surface area contributed by atoms with E-state index in [-0.39, 0.29) is 6.42 Å². The van der Waals surface area contributed by atoms with Crippen molar-refractivity contribution < 1.29 is 9.90 Å². The highest BCUT2D eigenvalue weighted by Gasteiger charge is 2.35. The molecule has 0 saturated carbocycles. The second-order valence-corrected chi connectivity index (χ2v) is 9.01. The molecule has 0 amide bonds. The van der Waals surface area contributed by atoms with E-state index in [4.69, 9.17) is 0 Å². The number of fused-ring (bicyclic) bond motifs is 1. The first kappa shape index (κ1) is 19.5. The average Bonchev–Trinajstić information content (AvgIpc) is 3.08. The number of aryl methyl sites for hydroxylation is 1. The summed E-state index contributed by atoms with van der Waals surface area (Å²) in [5.41, 5.74) is 2.23. The van der Waals surface area contributed by atoms with Gasteiger partial charge < -0.3 is 14.9 Å². The zero-order valence-corrected chi connectivity index (χ0v) is 17.5. The van der Waals surface area contributed by atoms with Gasteiger partial charge in [-0.1, -0.05) is 0 Å². The van der Waals surface area contributed by atoms with Gasteiger partial charge in [-0.05, 0) is 43.7 Å². The molecule has 4 heterocycles. The SMILES string of the molecule is Cc1csc2c(N3CC[C@H](N4CCN(C)CC4)[C@H](CCC(=O)O)C3)ncnc12. The summed E-state index contributed by atoms with van der Waals surface area (Å²) >= 11 is 1.71. The number of carbonyl (C=O) groups is 1. The third kappa shape index (κ3) is 3.99. The highest BCUT2D eigenvalue weighted by molar-refractivity contribution is 7.18. The number of likely N-dealkylation sites (N-methyl/N-ethyl adjacent to an activating group) is 1. The Morgan fingerprint density at radius 1 is 1.25 bits per heavy atom. The number of rotatable bonds is 5. The molecule has 2 aliphatic rings. The smallest absolute Gasteiger partial charge is 0.303 e. The van der Waals surface area contributed by atoms with Gasteiger partial charge in [0.15, 0.2) is 0 Å². The second-order valence-electron chi connectivity index (χ2n) is 8.13. The molecule has 2 aliphatic heterocycles. The minimum atomic E-state index is -0.701. The lowest BCUT2D eigenvalue weighted by atomic mass is 9.86. The first-order chi connectivity index (χ1) is 13.5. The molecule has 28 heavy (non-hydrogen) atoms. The maximum absolute atomic E-state index is 11.2.